The zero-order chi connectivity index (χ0) is 13.5. The molecule has 0 aliphatic heterocycles. The maximum Gasteiger partial charge on any atom is 0.317 e. The number of allylic oxidation sites excluding steroid dienone is 1. The maximum atomic E-state index is 13.5. The molecule has 0 aromatic heterocycles. The number of carboxylic acids is 1. The summed E-state index contributed by atoms with van der Waals surface area (Å²) in [6.45, 7) is 0.256. The van der Waals surface area contributed by atoms with Gasteiger partial charge in [-0.15, -0.1) is 6.42 Å². The van der Waals surface area contributed by atoms with E-state index >= 15 is 0 Å². The van der Waals surface area contributed by atoms with Crippen LogP contribution in [-0.2, 0) is 4.79 Å². The van der Waals surface area contributed by atoms with Crippen LogP contribution in [0.1, 0.15) is 5.56 Å². The maximum absolute atomic E-state index is 13.5. The Morgan fingerprint density at radius 3 is 2.78 bits per heavy atom. The first-order valence-corrected chi connectivity index (χ1v) is 5.36. The third-order valence-electron chi connectivity index (χ3n) is 2.33. The Bertz CT molecular complexity index is 503. The molecule has 0 aliphatic rings. The Kier molecular flexibility index (Phi) is 5.09. The van der Waals surface area contributed by atoms with Crippen molar-refractivity contribution in [2.75, 3.05) is 20.1 Å². The van der Waals surface area contributed by atoms with Gasteiger partial charge in [0.2, 0.25) is 0 Å². The van der Waals surface area contributed by atoms with Gasteiger partial charge in [0.05, 0.1) is 6.54 Å². The summed E-state index contributed by atoms with van der Waals surface area (Å²) in [7, 11) is 1.65. The van der Waals surface area contributed by atoms with E-state index in [9.17, 15) is 9.18 Å². The molecular formula is C14H14FNO2. The van der Waals surface area contributed by atoms with Crippen LogP contribution in [0.15, 0.2) is 30.3 Å². The van der Waals surface area contributed by atoms with E-state index in [1.807, 2.05) is 0 Å². The van der Waals surface area contributed by atoms with E-state index in [0.29, 0.717) is 17.7 Å². The molecule has 1 N–H and O–H groups in total. The van der Waals surface area contributed by atoms with E-state index < -0.39 is 5.97 Å². The number of terminal acetylenes is 1. The lowest BCUT2D eigenvalue weighted by atomic mass is 10.1. The zero-order valence-electron chi connectivity index (χ0n) is 10.1. The highest BCUT2D eigenvalue weighted by Gasteiger charge is 2.06. The lowest BCUT2D eigenvalue weighted by molar-refractivity contribution is -0.137. The van der Waals surface area contributed by atoms with Gasteiger partial charge in [0.1, 0.15) is 5.82 Å². The van der Waals surface area contributed by atoms with Gasteiger partial charge in [-0.25, -0.2) is 4.39 Å². The molecule has 1 rings (SSSR count). The predicted molar refractivity (Wildman–Crippen MR) is 68.3 cm³/mol. The number of hydrogen-bond acceptors (Lipinski definition) is 2. The molecule has 0 unspecified atom stereocenters. The summed E-state index contributed by atoms with van der Waals surface area (Å²) in [5, 5.41) is 8.60. The summed E-state index contributed by atoms with van der Waals surface area (Å²) in [6.07, 6.45) is 6.98. The van der Waals surface area contributed by atoms with Crippen molar-refractivity contribution in [1.82, 2.24) is 4.90 Å². The Balaban J connectivity index is 2.82. The van der Waals surface area contributed by atoms with Gasteiger partial charge in [-0.05, 0) is 13.1 Å². The van der Waals surface area contributed by atoms with Crippen LogP contribution in [0.2, 0.25) is 0 Å². The van der Waals surface area contributed by atoms with Crippen molar-refractivity contribution >= 4 is 11.5 Å². The van der Waals surface area contributed by atoms with E-state index in [2.05, 4.69) is 5.92 Å². The molecule has 18 heavy (non-hydrogen) atoms. The van der Waals surface area contributed by atoms with Crippen LogP contribution in [0.4, 0.5) is 4.39 Å². The van der Waals surface area contributed by atoms with E-state index in [0.717, 1.165) is 0 Å². The molecule has 0 heterocycles. The van der Waals surface area contributed by atoms with Crippen molar-refractivity contribution in [1.29, 1.82) is 0 Å². The Morgan fingerprint density at radius 2 is 2.22 bits per heavy atom. The van der Waals surface area contributed by atoms with Crippen molar-refractivity contribution in [3.05, 3.63) is 41.7 Å². The molecule has 0 amide bonds. The SMILES string of the molecule is C#C/C(=C/CN(C)CC(=O)O)c1ccccc1F. The molecule has 4 heteroatoms. The topological polar surface area (TPSA) is 40.5 Å². The van der Waals surface area contributed by atoms with E-state index in [4.69, 9.17) is 11.5 Å². The van der Waals surface area contributed by atoms with Gasteiger partial charge in [-0.1, -0.05) is 30.2 Å². The van der Waals surface area contributed by atoms with E-state index in [1.165, 1.54) is 6.07 Å². The summed E-state index contributed by atoms with van der Waals surface area (Å²) >= 11 is 0. The summed E-state index contributed by atoms with van der Waals surface area (Å²) in [6, 6.07) is 6.22. The summed E-state index contributed by atoms with van der Waals surface area (Å²) in [5.41, 5.74) is 0.772. The van der Waals surface area contributed by atoms with Crippen molar-refractivity contribution in [2.24, 2.45) is 0 Å². The van der Waals surface area contributed by atoms with Gasteiger partial charge < -0.3 is 5.11 Å². The van der Waals surface area contributed by atoms with Crippen molar-refractivity contribution in [2.45, 2.75) is 0 Å². The molecule has 0 fully saturated rings. The van der Waals surface area contributed by atoms with Gasteiger partial charge in [0, 0.05) is 17.7 Å². The fourth-order valence-corrected chi connectivity index (χ4v) is 1.47. The van der Waals surface area contributed by atoms with E-state index in [1.54, 1.807) is 36.2 Å². The first-order valence-electron chi connectivity index (χ1n) is 5.36. The van der Waals surface area contributed by atoms with Gasteiger partial charge in [0.15, 0.2) is 0 Å². The highest BCUT2D eigenvalue weighted by atomic mass is 19.1. The molecule has 94 valence electrons. The number of carboxylic acid groups (broad SMARTS) is 1. The minimum absolute atomic E-state index is 0.0916. The minimum Gasteiger partial charge on any atom is -0.480 e. The number of carbonyl (C=O) groups is 1. The molecule has 0 radical (unpaired) electrons. The number of halogens is 1. The molecule has 0 saturated heterocycles. The van der Waals surface area contributed by atoms with Crippen molar-refractivity contribution in [3.8, 4) is 12.3 Å². The number of likely N-dealkylation sites (N-methyl/N-ethyl adjacent to an activating group) is 1. The molecule has 0 atom stereocenters. The molecule has 0 aliphatic carbocycles. The molecule has 1 aromatic carbocycles. The largest absolute Gasteiger partial charge is 0.480 e. The monoisotopic (exact) mass is 247 g/mol. The Labute approximate surface area is 106 Å². The molecule has 0 saturated carbocycles. The standard InChI is InChI=1S/C14H14FNO2/c1-3-11(8-9-16(2)10-14(17)18)12-6-4-5-7-13(12)15/h1,4-8H,9-10H2,2H3,(H,17,18)/b11-8-. The van der Waals surface area contributed by atoms with Crippen LogP contribution in [0, 0.1) is 18.2 Å². The normalized spacial score (nSPS) is 11.3. The van der Waals surface area contributed by atoms with Crippen LogP contribution >= 0.6 is 0 Å². The summed E-state index contributed by atoms with van der Waals surface area (Å²) in [4.78, 5) is 12.1. The minimum atomic E-state index is -0.918. The van der Waals surface area contributed by atoms with Crippen LogP contribution in [0.5, 0.6) is 0 Å². The second-order valence-corrected chi connectivity index (χ2v) is 3.83. The highest BCUT2D eigenvalue weighted by molar-refractivity contribution is 5.78. The molecule has 3 nitrogen and oxygen atoms in total. The molecule has 0 spiro atoms. The van der Waals surface area contributed by atoms with E-state index in [-0.39, 0.29) is 12.4 Å². The number of rotatable bonds is 5. The lowest BCUT2D eigenvalue weighted by Crippen LogP contribution is -2.25. The van der Waals surface area contributed by atoms with Gasteiger partial charge in [-0.2, -0.15) is 0 Å². The van der Waals surface area contributed by atoms with Crippen LogP contribution in [-0.4, -0.2) is 36.1 Å². The fraction of sp³-hybridized carbons (Fsp3) is 0.214. The fourth-order valence-electron chi connectivity index (χ4n) is 1.47. The number of nitrogens with zero attached hydrogens (tertiary/aromatic N) is 1. The highest BCUT2D eigenvalue weighted by Crippen LogP contribution is 2.16. The van der Waals surface area contributed by atoms with Crippen LogP contribution in [0.3, 0.4) is 0 Å². The van der Waals surface area contributed by atoms with Crippen LogP contribution < -0.4 is 0 Å². The third-order valence-corrected chi connectivity index (χ3v) is 2.33. The molecular weight excluding hydrogens is 233 g/mol. The number of benzene rings is 1. The molecule has 0 bridgehead atoms. The van der Waals surface area contributed by atoms with Gasteiger partial charge >= 0.3 is 5.97 Å². The first kappa shape index (κ1) is 13.9. The average molecular weight is 247 g/mol. The number of hydrogen-bond donors (Lipinski definition) is 1. The first-order chi connectivity index (χ1) is 8.54. The third kappa shape index (κ3) is 4.04. The summed E-state index contributed by atoms with van der Waals surface area (Å²) < 4.78 is 13.5. The van der Waals surface area contributed by atoms with Crippen molar-refractivity contribution in [3.63, 3.8) is 0 Å². The lowest BCUT2D eigenvalue weighted by Gasteiger charge is -2.11. The molecule has 1 aromatic rings. The predicted octanol–water partition coefficient (Wildman–Crippen LogP) is 1.86. The quantitative estimate of drug-likeness (QED) is 0.807. The number of aliphatic carboxylic acids is 1. The van der Waals surface area contributed by atoms with Gasteiger partial charge in [0.25, 0.3) is 0 Å². The Hall–Kier alpha value is -2.12. The van der Waals surface area contributed by atoms with Crippen LogP contribution in [0.25, 0.3) is 5.57 Å². The zero-order valence-corrected chi connectivity index (χ0v) is 10.1. The second-order valence-electron chi connectivity index (χ2n) is 3.83. The van der Waals surface area contributed by atoms with Gasteiger partial charge in [-0.3, -0.25) is 9.69 Å². The Morgan fingerprint density at radius 1 is 1.56 bits per heavy atom. The smallest absolute Gasteiger partial charge is 0.317 e. The van der Waals surface area contributed by atoms with Crippen molar-refractivity contribution < 1.29 is 14.3 Å². The second kappa shape index (κ2) is 6.58. The average Bonchev–Trinajstić information content (AvgIpc) is 2.31. The summed E-state index contributed by atoms with van der Waals surface area (Å²) in [5.74, 6) is 1.11.